The first-order valence-corrected chi connectivity index (χ1v) is 5.48. The average molecular weight is 222 g/mol. The average Bonchev–Trinajstić information content (AvgIpc) is 2.78. The number of carbonyl (C=O) groups is 1. The Morgan fingerprint density at radius 1 is 1.12 bits per heavy atom. The van der Waals surface area contributed by atoms with Crippen molar-refractivity contribution in [2.75, 3.05) is 0 Å². The zero-order valence-electron chi connectivity index (χ0n) is 10.2. The summed E-state index contributed by atoms with van der Waals surface area (Å²) in [6.45, 7) is 8.00. The topological polar surface area (TPSA) is 50.4 Å². The van der Waals surface area contributed by atoms with Crippen LogP contribution in [-0.2, 0) is 0 Å². The van der Waals surface area contributed by atoms with Crippen molar-refractivity contribution < 1.29 is 14.3 Å². The first-order valence-electron chi connectivity index (χ1n) is 5.48. The summed E-state index contributed by atoms with van der Waals surface area (Å²) in [6, 6.07) is 7.05. The summed E-state index contributed by atoms with van der Waals surface area (Å²) in [5.41, 5.74) is 0.820. The zero-order chi connectivity index (χ0) is 12.6. The standard InChI is InChI=1S/C9H6O3.2C2H6/c10-9(11)7-5-12-8-4-2-1-3-6(7)8;2*1-2/h1-5H,(H,10,11);2*1-2H3. The van der Waals surface area contributed by atoms with Gasteiger partial charge in [0.1, 0.15) is 17.4 Å². The number of fused-ring (bicyclic) bond motifs is 1. The molecular formula is C13H18O3. The number of hydrogen-bond donors (Lipinski definition) is 1. The molecule has 0 radical (unpaired) electrons. The highest BCUT2D eigenvalue weighted by Gasteiger charge is 2.10. The largest absolute Gasteiger partial charge is 0.478 e. The Balaban J connectivity index is 0.000000509. The molecule has 1 aromatic heterocycles. The lowest BCUT2D eigenvalue weighted by molar-refractivity contribution is 0.0698. The lowest BCUT2D eigenvalue weighted by atomic mass is 10.2. The maximum Gasteiger partial charge on any atom is 0.339 e. The monoisotopic (exact) mass is 222 g/mol. The minimum absolute atomic E-state index is 0.214. The molecule has 1 aromatic carbocycles. The van der Waals surface area contributed by atoms with Crippen molar-refractivity contribution in [3.63, 3.8) is 0 Å². The van der Waals surface area contributed by atoms with Crippen molar-refractivity contribution in [2.24, 2.45) is 0 Å². The fraction of sp³-hybridized carbons (Fsp3) is 0.308. The van der Waals surface area contributed by atoms with Gasteiger partial charge in [-0.2, -0.15) is 0 Å². The summed E-state index contributed by atoms with van der Waals surface area (Å²) in [7, 11) is 0. The van der Waals surface area contributed by atoms with Crippen LogP contribution in [-0.4, -0.2) is 11.1 Å². The van der Waals surface area contributed by atoms with E-state index in [1.165, 1.54) is 6.26 Å². The van der Waals surface area contributed by atoms with Gasteiger partial charge in [-0.05, 0) is 6.07 Å². The van der Waals surface area contributed by atoms with Crippen LogP contribution in [0.1, 0.15) is 38.1 Å². The van der Waals surface area contributed by atoms with Crippen molar-refractivity contribution in [2.45, 2.75) is 27.7 Å². The second-order valence-corrected chi connectivity index (χ2v) is 2.45. The molecule has 0 aliphatic heterocycles. The highest BCUT2D eigenvalue weighted by molar-refractivity contribution is 6.02. The van der Waals surface area contributed by atoms with Gasteiger partial charge in [-0.3, -0.25) is 0 Å². The summed E-state index contributed by atoms with van der Waals surface area (Å²) in [6.07, 6.45) is 1.26. The third-order valence-electron chi connectivity index (χ3n) is 1.71. The molecule has 1 heterocycles. The van der Waals surface area contributed by atoms with Crippen LogP contribution in [0.5, 0.6) is 0 Å². The van der Waals surface area contributed by atoms with E-state index in [2.05, 4.69) is 0 Å². The number of aromatic carboxylic acids is 1. The molecule has 0 saturated heterocycles. The fourth-order valence-corrected chi connectivity index (χ4v) is 1.14. The van der Waals surface area contributed by atoms with E-state index in [4.69, 9.17) is 9.52 Å². The van der Waals surface area contributed by atoms with Crippen LogP contribution < -0.4 is 0 Å². The van der Waals surface area contributed by atoms with Crippen LogP contribution >= 0.6 is 0 Å². The quantitative estimate of drug-likeness (QED) is 0.787. The van der Waals surface area contributed by atoms with E-state index in [1.807, 2.05) is 27.7 Å². The van der Waals surface area contributed by atoms with Crippen molar-refractivity contribution in [3.8, 4) is 0 Å². The molecule has 3 heteroatoms. The number of hydrogen-bond acceptors (Lipinski definition) is 2. The van der Waals surface area contributed by atoms with Crippen LogP contribution in [0.15, 0.2) is 34.9 Å². The van der Waals surface area contributed by atoms with Gasteiger partial charge in [0.2, 0.25) is 0 Å². The highest BCUT2D eigenvalue weighted by atomic mass is 16.4. The van der Waals surface area contributed by atoms with Crippen molar-refractivity contribution in [1.82, 2.24) is 0 Å². The molecule has 0 bridgehead atoms. The lowest BCUT2D eigenvalue weighted by Gasteiger charge is -1.87. The Morgan fingerprint density at radius 3 is 2.25 bits per heavy atom. The molecule has 0 spiro atoms. The third kappa shape index (κ3) is 3.12. The number of carboxylic acid groups (broad SMARTS) is 1. The summed E-state index contributed by atoms with van der Waals surface area (Å²) < 4.78 is 5.03. The van der Waals surface area contributed by atoms with Gasteiger partial charge in [0.25, 0.3) is 0 Å². The van der Waals surface area contributed by atoms with Crippen molar-refractivity contribution in [3.05, 3.63) is 36.1 Å². The van der Waals surface area contributed by atoms with Gasteiger partial charge in [-0.15, -0.1) is 0 Å². The maximum absolute atomic E-state index is 10.6. The lowest BCUT2D eigenvalue weighted by Crippen LogP contribution is -1.92. The molecule has 0 amide bonds. The summed E-state index contributed by atoms with van der Waals surface area (Å²) in [4.78, 5) is 10.6. The Labute approximate surface area is 95.7 Å². The Morgan fingerprint density at radius 2 is 1.69 bits per heavy atom. The number of para-hydroxylation sites is 1. The first-order chi connectivity index (χ1) is 7.79. The third-order valence-corrected chi connectivity index (χ3v) is 1.71. The minimum Gasteiger partial charge on any atom is -0.478 e. The van der Waals surface area contributed by atoms with Gasteiger partial charge in [0, 0.05) is 5.39 Å². The van der Waals surface area contributed by atoms with Crippen molar-refractivity contribution in [1.29, 1.82) is 0 Å². The number of rotatable bonds is 1. The Kier molecular flexibility index (Phi) is 6.68. The predicted octanol–water partition coefficient (Wildman–Crippen LogP) is 4.18. The molecule has 16 heavy (non-hydrogen) atoms. The van der Waals surface area contributed by atoms with Crippen LogP contribution in [0.25, 0.3) is 11.0 Å². The van der Waals surface area contributed by atoms with Crippen LogP contribution in [0.2, 0.25) is 0 Å². The van der Waals surface area contributed by atoms with Crippen LogP contribution in [0.4, 0.5) is 0 Å². The van der Waals surface area contributed by atoms with E-state index in [-0.39, 0.29) is 5.56 Å². The molecule has 0 fully saturated rings. The van der Waals surface area contributed by atoms with Crippen LogP contribution in [0.3, 0.4) is 0 Å². The van der Waals surface area contributed by atoms with Gasteiger partial charge in [0.15, 0.2) is 0 Å². The number of benzene rings is 1. The van der Waals surface area contributed by atoms with Crippen molar-refractivity contribution >= 4 is 16.9 Å². The number of furan rings is 1. The molecule has 0 atom stereocenters. The van der Waals surface area contributed by atoms with E-state index in [9.17, 15) is 4.79 Å². The minimum atomic E-state index is -0.958. The van der Waals surface area contributed by atoms with Gasteiger partial charge in [-0.1, -0.05) is 45.9 Å². The van der Waals surface area contributed by atoms with E-state index < -0.39 is 5.97 Å². The maximum atomic E-state index is 10.6. The summed E-state index contributed by atoms with van der Waals surface area (Å²) in [5.74, 6) is -0.958. The molecular weight excluding hydrogens is 204 g/mol. The fourth-order valence-electron chi connectivity index (χ4n) is 1.14. The molecule has 3 nitrogen and oxygen atoms in total. The molecule has 0 aliphatic carbocycles. The second-order valence-electron chi connectivity index (χ2n) is 2.45. The number of carboxylic acids is 1. The Bertz CT molecular complexity index is 429. The van der Waals surface area contributed by atoms with Crippen LogP contribution in [0, 0.1) is 0 Å². The molecule has 1 N–H and O–H groups in total. The van der Waals surface area contributed by atoms with E-state index in [1.54, 1.807) is 24.3 Å². The van der Waals surface area contributed by atoms with Gasteiger partial charge in [-0.25, -0.2) is 4.79 Å². The SMILES string of the molecule is CC.CC.O=C(O)c1coc2ccccc12. The first kappa shape index (κ1) is 14.2. The smallest absolute Gasteiger partial charge is 0.339 e. The molecule has 2 aromatic rings. The predicted molar refractivity (Wildman–Crippen MR) is 65.9 cm³/mol. The summed E-state index contributed by atoms with van der Waals surface area (Å²) >= 11 is 0. The summed E-state index contributed by atoms with van der Waals surface area (Å²) in [5, 5.41) is 9.36. The van der Waals surface area contributed by atoms with Gasteiger partial charge < -0.3 is 9.52 Å². The van der Waals surface area contributed by atoms with E-state index >= 15 is 0 Å². The molecule has 0 aliphatic rings. The molecule has 0 unspecified atom stereocenters. The molecule has 88 valence electrons. The normalized spacial score (nSPS) is 8.50. The van der Waals surface area contributed by atoms with Gasteiger partial charge >= 0.3 is 5.97 Å². The molecule has 0 saturated carbocycles. The van der Waals surface area contributed by atoms with E-state index in [0.29, 0.717) is 11.0 Å². The highest BCUT2D eigenvalue weighted by Crippen LogP contribution is 2.19. The zero-order valence-corrected chi connectivity index (χ0v) is 10.2. The van der Waals surface area contributed by atoms with E-state index in [0.717, 1.165) is 0 Å². The second kappa shape index (κ2) is 7.51. The Hall–Kier alpha value is -1.77. The van der Waals surface area contributed by atoms with Gasteiger partial charge in [0.05, 0.1) is 0 Å². The molecule has 2 rings (SSSR count).